The van der Waals surface area contributed by atoms with E-state index in [1.165, 1.54) is 31.4 Å². The molecular weight excluding hydrogens is 362 g/mol. The van der Waals surface area contributed by atoms with Gasteiger partial charge in [-0.05, 0) is 42.2 Å². The number of hydrogen-bond acceptors (Lipinski definition) is 6. The lowest BCUT2D eigenvalue weighted by molar-refractivity contribution is -0.385. The largest absolute Gasteiger partial charge is 0.493 e. The molecule has 0 radical (unpaired) electrons. The first-order valence-electron chi connectivity index (χ1n) is 8.82. The van der Waals surface area contributed by atoms with E-state index in [0.717, 1.165) is 16.5 Å². The van der Waals surface area contributed by atoms with Crippen LogP contribution < -0.4 is 15.1 Å². The van der Waals surface area contributed by atoms with E-state index < -0.39 is 10.5 Å². The summed E-state index contributed by atoms with van der Waals surface area (Å²) in [4.78, 5) is 22.5. The molecule has 0 aliphatic rings. The molecule has 0 fully saturated rings. The van der Waals surface area contributed by atoms with E-state index in [-0.39, 0.29) is 18.0 Å². The maximum Gasteiger partial charge on any atom is 0.336 e. The van der Waals surface area contributed by atoms with Gasteiger partial charge in [0.05, 0.1) is 18.1 Å². The molecule has 3 rings (SSSR count). The Bertz CT molecular complexity index is 1100. The molecule has 7 nitrogen and oxygen atoms in total. The average Bonchev–Trinajstić information content (AvgIpc) is 2.64. The van der Waals surface area contributed by atoms with Gasteiger partial charge in [-0.25, -0.2) is 4.79 Å². The van der Waals surface area contributed by atoms with Crippen molar-refractivity contribution in [2.45, 2.75) is 33.3 Å². The molecule has 0 amide bonds. The molecule has 0 atom stereocenters. The first kappa shape index (κ1) is 19.4. The normalized spacial score (nSPS) is 11.0. The first-order chi connectivity index (χ1) is 13.3. The summed E-state index contributed by atoms with van der Waals surface area (Å²) in [5.41, 5.74) is 2.74. The van der Waals surface area contributed by atoms with Gasteiger partial charge in [0.2, 0.25) is 0 Å². The fraction of sp³-hybridized carbons (Fsp3) is 0.286. The van der Waals surface area contributed by atoms with E-state index in [9.17, 15) is 14.9 Å². The number of hydrogen-bond donors (Lipinski definition) is 0. The van der Waals surface area contributed by atoms with E-state index in [0.29, 0.717) is 22.8 Å². The minimum Gasteiger partial charge on any atom is -0.493 e. The van der Waals surface area contributed by atoms with Gasteiger partial charge in [-0.1, -0.05) is 13.8 Å². The number of rotatable bonds is 6. The zero-order valence-electron chi connectivity index (χ0n) is 16.1. The van der Waals surface area contributed by atoms with Gasteiger partial charge in [0.15, 0.2) is 11.5 Å². The summed E-state index contributed by atoms with van der Waals surface area (Å²) < 4.78 is 16.3. The summed E-state index contributed by atoms with van der Waals surface area (Å²) >= 11 is 0. The van der Waals surface area contributed by atoms with Crippen LogP contribution in [0, 0.1) is 17.0 Å². The molecule has 0 saturated heterocycles. The lowest BCUT2D eigenvalue weighted by Crippen LogP contribution is -2.06. The molecule has 0 bridgehead atoms. The van der Waals surface area contributed by atoms with Crippen LogP contribution in [0.5, 0.6) is 11.5 Å². The third-order valence-corrected chi connectivity index (χ3v) is 4.58. The van der Waals surface area contributed by atoms with E-state index >= 15 is 0 Å². The van der Waals surface area contributed by atoms with Crippen LogP contribution in [-0.2, 0) is 6.61 Å². The van der Waals surface area contributed by atoms with Crippen molar-refractivity contribution < 1.29 is 18.8 Å². The third-order valence-electron chi connectivity index (χ3n) is 4.58. The summed E-state index contributed by atoms with van der Waals surface area (Å²) in [6, 6.07) is 9.36. The Morgan fingerprint density at radius 2 is 1.89 bits per heavy atom. The molecule has 7 heteroatoms. The highest BCUT2D eigenvalue weighted by atomic mass is 16.6. The SMILES string of the molecule is COc1ccc([N+](=O)[O-])cc1OCc1cc(=O)oc2cc(C)c(C(C)C)cc12. The van der Waals surface area contributed by atoms with Crippen molar-refractivity contribution >= 4 is 16.7 Å². The summed E-state index contributed by atoms with van der Waals surface area (Å²) in [5.74, 6) is 0.910. The molecule has 28 heavy (non-hydrogen) atoms. The van der Waals surface area contributed by atoms with Crippen LogP contribution >= 0.6 is 0 Å². The standard InChI is InChI=1S/C21H21NO6/c1-12(2)16-10-17-14(8-21(23)28-19(17)7-13(16)3)11-27-20-9-15(22(24)25)5-6-18(20)26-4/h5-10,12H,11H2,1-4H3. The highest BCUT2D eigenvalue weighted by Gasteiger charge is 2.15. The van der Waals surface area contributed by atoms with E-state index in [2.05, 4.69) is 13.8 Å². The van der Waals surface area contributed by atoms with Gasteiger partial charge in [-0.2, -0.15) is 0 Å². The zero-order chi connectivity index (χ0) is 20.4. The number of nitro benzene ring substituents is 1. The van der Waals surface area contributed by atoms with Crippen molar-refractivity contribution in [1.82, 2.24) is 0 Å². The van der Waals surface area contributed by atoms with Crippen LogP contribution in [0.4, 0.5) is 5.69 Å². The zero-order valence-corrected chi connectivity index (χ0v) is 16.1. The molecule has 1 heterocycles. The fourth-order valence-corrected chi connectivity index (χ4v) is 3.18. The Kier molecular flexibility index (Phi) is 5.35. The molecule has 146 valence electrons. The smallest absolute Gasteiger partial charge is 0.336 e. The Hall–Kier alpha value is -3.35. The number of non-ortho nitro benzene ring substituents is 1. The summed E-state index contributed by atoms with van der Waals surface area (Å²) in [6.07, 6.45) is 0. The minimum absolute atomic E-state index is 0.0419. The number of benzene rings is 2. The molecule has 3 aromatic rings. The highest BCUT2D eigenvalue weighted by Crippen LogP contribution is 2.33. The molecule has 1 aromatic heterocycles. The Morgan fingerprint density at radius 1 is 1.14 bits per heavy atom. The summed E-state index contributed by atoms with van der Waals surface area (Å²) in [6.45, 7) is 6.21. The van der Waals surface area contributed by atoms with E-state index in [4.69, 9.17) is 13.9 Å². The second-order valence-electron chi connectivity index (χ2n) is 6.83. The first-order valence-corrected chi connectivity index (χ1v) is 8.82. The summed E-state index contributed by atoms with van der Waals surface area (Å²) in [5, 5.41) is 11.8. The van der Waals surface area contributed by atoms with Crippen LogP contribution in [0.25, 0.3) is 11.0 Å². The monoisotopic (exact) mass is 383 g/mol. The predicted octanol–water partition coefficient (Wildman–Crippen LogP) is 4.72. The molecule has 0 spiro atoms. The van der Waals surface area contributed by atoms with Crippen LogP contribution in [0.15, 0.2) is 45.6 Å². The molecule has 0 aliphatic heterocycles. The average molecular weight is 383 g/mol. The molecule has 0 unspecified atom stereocenters. The number of ether oxygens (including phenoxy) is 2. The maximum atomic E-state index is 12.0. The quantitative estimate of drug-likeness (QED) is 0.347. The van der Waals surface area contributed by atoms with Gasteiger partial charge in [-0.3, -0.25) is 10.1 Å². The number of fused-ring (bicyclic) bond motifs is 1. The fourth-order valence-electron chi connectivity index (χ4n) is 3.18. The third kappa shape index (κ3) is 3.83. The van der Waals surface area contributed by atoms with Gasteiger partial charge in [0.1, 0.15) is 12.2 Å². The van der Waals surface area contributed by atoms with Crippen molar-refractivity contribution in [3.8, 4) is 11.5 Å². The molecule has 0 N–H and O–H groups in total. The van der Waals surface area contributed by atoms with Gasteiger partial charge in [0, 0.05) is 23.1 Å². The van der Waals surface area contributed by atoms with Gasteiger partial charge in [0.25, 0.3) is 5.69 Å². The molecular formula is C21H21NO6. The minimum atomic E-state index is -0.503. The van der Waals surface area contributed by atoms with Crippen LogP contribution in [0.2, 0.25) is 0 Å². The van der Waals surface area contributed by atoms with Crippen molar-refractivity contribution in [2.75, 3.05) is 7.11 Å². The number of aryl methyl sites for hydroxylation is 1. The van der Waals surface area contributed by atoms with Crippen molar-refractivity contribution in [3.63, 3.8) is 0 Å². The predicted molar refractivity (Wildman–Crippen MR) is 105 cm³/mol. The lowest BCUT2D eigenvalue weighted by atomic mass is 9.95. The highest BCUT2D eigenvalue weighted by molar-refractivity contribution is 5.82. The molecule has 0 aliphatic carbocycles. The topological polar surface area (TPSA) is 91.8 Å². The van der Waals surface area contributed by atoms with Gasteiger partial charge in [-0.15, -0.1) is 0 Å². The van der Waals surface area contributed by atoms with Crippen molar-refractivity contribution in [1.29, 1.82) is 0 Å². The van der Waals surface area contributed by atoms with E-state index in [1.54, 1.807) is 0 Å². The van der Waals surface area contributed by atoms with Gasteiger partial charge < -0.3 is 13.9 Å². The van der Waals surface area contributed by atoms with Gasteiger partial charge >= 0.3 is 5.63 Å². The lowest BCUT2D eigenvalue weighted by Gasteiger charge is -2.14. The van der Waals surface area contributed by atoms with E-state index in [1.807, 2.05) is 19.1 Å². The van der Waals surface area contributed by atoms with Crippen LogP contribution in [0.1, 0.15) is 36.5 Å². The number of nitrogens with zero attached hydrogens (tertiary/aromatic N) is 1. The molecule has 2 aromatic carbocycles. The second-order valence-corrected chi connectivity index (χ2v) is 6.83. The van der Waals surface area contributed by atoms with Crippen molar-refractivity contribution in [3.05, 3.63) is 73.6 Å². The van der Waals surface area contributed by atoms with Crippen LogP contribution in [-0.4, -0.2) is 12.0 Å². The van der Waals surface area contributed by atoms with Crippen molar-refractivity contribution in [2.24, 2.45) is 0 Å². The van der Waals surface area contributed by atoms with Crippen LogP contribution in [0.3, 0.4) is 0 Å². The number of methoxy groups -OCH3 is 1. The Balaban J connectivity index is 2.03. The Labute approximate surface area is 161 Å². The number of nitro groups is 1. The molecule has 0 saturated carbocycles. The summed E-state index contributed by atoms with van der Waals surface area (Å²) in [7, 11) is 1.46. The maximum absolute atomic E-state index is 12.0. The second kappa shape index (κ2) is 7.72. The Morgan fingerprint density at radius 3 is 2.54 bits per heavy atom.